The van der Waals surface area contributed by atoms with E-state index in [0.29, 0.717) is 24.3 Å². The summed E-state index contributed by atoms with van der Waals surface area (Å²) in [5, 5.41) is 13.8. The number of carbonyl (C=O) groups is 1. The molecule has 1 aliphatic rings. The first kappa shape index (κ1) is 19.9. The molecule has 1 saturated heterocycles. The van der Waals surface area contributed by atoms with E-state index < -0.39 is 0 Å². The average molecular weight is 399 g/mol. The minimum Gasteiger partial charge on any atom is -0.336 e. The summed E-state index contributed by atoms with van der Waals surface area (Å²) in [6, 6.07) is 19.5. The third-order valence-electron chi connectivity index (χ3n) is 5.57. The van der Waals surface area contributed by atoms with Crippen LogP contribution in [0.5, 0.6) is 0 Å². The number of aromatic nitrogens is 2. The quantitative estimate of drug-likeness (QED) is 0.727. The van der Waals surface area contributed by atoms with Gasteiger partial charge in [0.05, 0.1) is 23.0 Å². The first-order chi connectivity index (χ1) is 14.6. The van der Waals surface area contributed by atoms with Crippen LogP contribution in [0.2, 0.25) is 0 Å². The predicted octanol–water partition coefficient (Wildman–Crippen LogP) is 3.54. The molecule has 1 aromatic heterocycles. The van der Waals surface area contributed by atoms with Crippen LogP contribution in [-0.2, 0) is 6.42 Å². The summed E-state index contributed by atoms with van der Waals surface area (Å²) in [6.07, 6.45) is 2.81. The molecule has 2 heterocycles. The van der Waals surface area contributed by atoms with Gasteiger partial charge in [0.15, 0.2) is 5.69 Å². The zero-order valence-electron chi connectivity index (χ0n) is 17.1. The number of rotatable bonds is 4. The van der Waals surface area contributed by atoms with Gasteiger partial charge in [0.1, 0.15) is 0 Å². The molecule has 0 aliphatic carbocycles. The van der Waals surface area contributed by atoms with Gasteiger partial charge in [-0.15, -0.1) is 0 Å². The third-order valence-corrected chi connectivity index (χ3v) is 5.57. The normalized spacial score (nSPS) is 16.3. The van der Waals surface area contributed by atoms with Gasteiger partial charge in [-0.1, -0.05) is 31.2 Å². The van der Waals surface area contributed by atoms with Crippen molar-refractivity contribution in [3.8, 4) is 23.0 Å². The fourth-order valence-electron chi connectivity index (χ4n) is 3.83. The number of nitriles is 1. The highest BCUT2D eigenvalue weighted by Gasteiger charge is 2.25. The monoisotopic (exact) mass is 399 g/mol. The molecule has 0 saturated carbocycles. The number of hydrogen-bond acceptors (Lipinski definition) is 4. The second-order valence-electron chi connectivity index (χ2n) is 7.69. The smallest absolute Gasteiger partial charge is 0.274 e. The summed E-state index contributed by atoms with van der Waals surface area (Å²) >= 11 is 0. The number of nitrogens with two attached hydrogens (primary N) is 1. The van der Waals surface area contributed by atoms with Gasteiger partial charge >= 0.3 is 0 Å². The number of hydrogen-bond donors (Lipinski definition) is 1. The van der Waals surface area contributed by atoms with Crippen molar-refractivity contribution < 1.29 is 4.79 Å². The third kappa shape index (κ3) is 3.98. The lowest BCUT2D eigenvalue weighted by molar-refractivity contribution is 0.0702. The predicted molar refractivity (Wildman–Crippen MR) is 116 cm³/mol. The van der Waals surface area contributed by atoms with Gasteiger partial charge < -0.3 is 10.6 Å². The van der Waals surface area contributed by atoms with Crippen LogP contribution < -0.4 is 5.73 Å². The number of nitrogens with zero attached hydrogens (tertiary/aromatic N) is 4. The molecule has 6 nitrogen and oxygen atoms in total. The zero-order chi connectivity index (χ0) is 21.1. The number of piperidine rings is 1. The van der Waals surface area contributed by atoms with Crippen molar-refractivity contribution in [3.05, 3.63) is 71.4 Å². The van der Waals surface area contributed by atoms with E-state index in [4.69, 9.17) is 11.0 Å². The molecule has 2 N–H and O–H groups in total. The summed E-state index contributed by atoms with van der Waals surface area (Å²) in [4.78, 5) is 14.9. The van der Waals surface area contributed by atoms with E-state index in [0.717, 1.165) is 36.2 Å². The van der Waals surface area contributed by atoms with E-state index in [1.54, 1.807) is 21.7 Å². The van der Waals surface area contributed by atoms with Crippen LogP contribution >= 0.6 is 0 Å². The molecule has 0 radical (unpaired) electrons. The first-order valence-electron chi connectivity index (χ1n) is 10.3. The average Bonchev–Trinajstić information content (AvgIpc) is 3.24. The fourth-order valence-corrected chi connectivity index (χ4v) is 3.83. The van der Waals surface area contributed by atoms with Gasteiger partial charge in [-0.3, -0.25) is 4.79 Å². The van der Waals surface area contributed by atoms with Crippen LogP contribution in [0.25, 0.3) is 16.9 Å². The molecule has 0 spiro atoms. The second-order valence-corrected chi connectivity index (χ2v) is 7.69. The van der Waals surface area contributed by atoms with Crippen LogP contribution in [0.4, 0.5) is 0 Å². The van der Waals surface area contributed by atoms with Crippen molar-refractivity contribution in [1.29, 1.82) is 5.26 Å². The molecule has 1 fully saturated rings. The maximum absolute atomic E-state index is 13.1. The molecule has 3 aromatic rings. The Morgan fingerprint density at radius 3 is 2.57 bits per heavy atom. The van der Waals surface area contributed by atoms with Gasteiger partial charge in [0, 0.05) is 24.7 Å². The SMILES string of the molecule is CCc1ccc(-n2nc(C(=O)N3CCC[C@@H](N)C3)cc2-c2ccc(C#N)cc2)cc1. The second kappa shape index (κ2) is 8.52. The summed E-state index contributed by atoms with van der Waals surface area (Å²) in [5.74, 6) is -0.0935. The Morgan fingerprint density at radius 2 is 1.93 bits per heavy atom. The standard InChI is InChI=1S/C24H25N5O/c1-2-17-7-11-21(12-8-17)29-23(19-9-5-18(15-25)6-10-19)14-22(27-29)24(30)28-13-3-4-20(26)16-28/h5-12,14,20H,2-4,13,16,26H2,1H3/t20-/m1/s1. The minimum absolute atomic E-state index is 0.0179. The lowest BCUT2D eigenvalue weighted by Crippen LogP contribution is -2.45. The van der Waals surface area contributed by atoms with Crippen molar-refractivity contribution in [1.82, 2.24) is 14.7 Å². The summed E-state index contributed by atoms with van der Waals surface area (Å²) < 4.78 is 1.80. The maximum Gasteiger partial charge on any atom is 0.274 e. The number of aryl methyl sites for hydroxylation is 1. The molecular formula is C24H25N5O. The fraction of sp³-hybridized carbons (Fsp3) is 0.292. The molecule has 152 valence electrons. The van der Waals surface area contributed by atoms with Crippen molar-refractivity contribution in [2.45, 2.75) is 32.2 Å². The molecular weight excluding hydrogens is 374 g/mol. The molecule has 1 amide bonds. The first-order valence-corrected chi connectivity index (χ1v) is 10.3. The molecule has 0 bridgehead atoms. The molecule has 2 aromatic carbocycles. The Hall–Kier alpha value is -3.43. The van der Waals surface area contributed by atoms with Crippen LogP contribution in [0, 0.1) is 11.3 Å². The topological polar surface area (TPSA) is 87.9 Å². The van der Waals surface area contributed by atoms with Gasteiger partial charge in [0.2, 0.25) is 0 Å². The zero-order valence-corrected chi connectivity index (χ0v) is 17.1. The highest BCUT2D eigenvalue weighted by molar-refractivity contribution is 5.93. The van der Waals surface area contributed by atoms with Crippen LogP contribution in [0.3, 0.4) is 0 Å². The van der Waals surface area contributed by atoms with E-state index in [1.165, 1.54) is 5.56 Å². The lowest BCUT2D eigenvalue weighted by atomic mass is 10.1. The molecule has 0 unspecified atom stereocenters. The van der Waals surface area contributed by atoms with Crippen molar-refractivity contribution in [2.75, 3.05) is 13.1 Å². The lowest BCUT2D eigenvalue weighted by Gasteiger charge is -2.30. The summed E-state index contributed by atoms with van der Waals surface area (Å²) in [5.41, 5.74) is 10.9. The summed E-state index contributed by atoms with van der Waals surface area (Å²) in [6.45, 7) is 3.38. The van der Waals surface area contributed by atoms with E-state index in [9.17, 15) is 4.79 Å². The van der Waals surface area contributed by atoms with E-state index in [1.807, 2.05) is 30.3 Å². The van der Waals surface area contributed by atoms with Crippen molar-refractivity contribution >= 4 is 5.91 Å². The highest BCUT2D eigenvalue weighted by atomic mass is 16.2. The number of amides is 1. The van der Waals surface area contributed by atoms with Crippen molar-refractivity contribution in [3.63, 3.8) is 0 Å². The Balaban J connectivity index is 1.76. The number of carbonyl (C=O) groups excluding carboxylic acids is 1. The molecule has 6 heteroatoms. The molecule has 30 heavy (non-hydrogen) atoms. The Morgan fingerprint density at radius 1 is 1.20 bits per heavy atom. The van der Waals surface area contributed by atoms with Gasteiger partial charge in [0.25, 0.3) is 5.91 Å². The number of likely N-dealkylation sites (tertiary alicyclic amines) is 1. The Labute approximate surface area is 176 Å². The molecule has 4 rings (SSSR count). The van der Waals surface area contributed by atoms with E-state index in [-0.39, 0.29) is 11.9 Å². The minimum atomic E-state index is -0.0935. The number of benzene rings is 2. The van der Waals surface area contributed by atoms with Crippen LogP contribution in [-0.4, -0.2) is 39.7 Å². The van der Waals surface area contributed by atoms with Gasteiger partial charge in [-0.25, -0.2) is 4.68 Å². The molecule has 1 atom stereocenters. The maximum atomic E-state index is 13.1. The Kier molecular flexibility index (Phi) is 5.64. The van der Waals surface area contributed by atoms with Crippen LogP contribution in [0.1, 0.15) is 41.4 Å². The van der Waals surface area contributed by atoms with Crippen LogP contribution in [0.15, 0.2) is 54.6 Å². The molecule has 1 aliphatic heterocycles. The van der Waals surface area contributed by atoms with Gasteiger partial charge in [-0.05, 0) is 55.2 Å². The van der Waals surface area contributed by atoms with Gasteiger partial charge in [-0.2, -0.15) is 10.4 Å². The van der Waals surface area contributed by atoms with E-state index >= 15 is 0 Å². The highest BCUT2D eigenvalue weighted by Crippen LogP contribution is 2.26. The Bertz CT molecular complexity index is 1080. The van der Waals surface area contributed by atoms with Crippen molar-refractivity contribution in [2.24, 2.45) is 5.73 Å². The van der Waals surface area contributed by atoms with E-state index in [2.05, 4.69) is 30.2 Å². The summed E-state index contributed by atoms with van der Waals surface area (Å²) in [7, 11) is 0. The largest absolute Gasteiger partial charge is 0.336 e.